The van der Waals surface area contributed by atoms with Gasteiger partial charge in [-0.05, 0) is 24.5 Å². The van der Waals surface area contributed by atoms with Gasteiger partial charge in [-0.3, -0.25) is 0 Å². The Morgan fingerprint density at radius 2 is 1.41 bits per heavy atom. The van der Waals surface area contributed by atoms with Crippen molar-refractivity contribution in [3.63, 3.8) is 0 Å². The molecule has 0 aliphatic heterocycles. The topological polar surface area (TPSA) is 7.76 Å². The zero-order valence-corrected chi connectivity index (χ0v) is 13.5. The van der Waals surface area contributed by atoms with Crippen LogP contribution < -0.4 is 9.13 Å². The van der Waals surface area contributed by atoms with E-state index in [2.05, 4.69) is 85.7 Å². The lowest BCUT2D eigenvalue weighted by Gasteiger charge is -2.06. The van der Waals surface area contributed by atoms with Crippen LogP contribution in [-0.2, 0) is 13.5 Å². The Bertz CT molecular complexity index is 772. The van der Waals surface area contributed by atoms with Gasteiger partial charge in [0, 0.05) is 35.4 Å². The number of aromatic nitrogens is 2. The molecule has 1 aromatic carbocycles. The van der Waals surface area contributed by atoms with E-state index in [0.29, 0.717) is 0 Å². The maximum atomic E-state index is 2.22. The van der Waals surface area contributed by atoms with Crippen molar-refractivity contribution in [2.45, 2.75) is 20.3 Å². The van der Waals surface area contributed by atoms with Crippen molar-refractivity contribution in [2.24, 2.45) is 7.05 Å². The molecular formula is C20H22N2+2. The second-order valence-corrected chi connectivity index (χ2v) is 5.68. The summed E-state index contributed by atoms with van der Waals surface area (Å²) in [5, 5.41) is 0. The van der Waals surface area contributed by atoms with Crippen LogP contribution in [0, 0.1) is 6.92 Å². The summed E-state index contributed by atoms with van der Waals surface area (Å²) in [7, 11) is 2.03. The van der Waals surface area contributed by atoms with Crippen molar-refractivity contribution in [2.75, 3.05) is 0 Å². The highest BCUT2D eigenvalue weighted by Gasteiger charge is 2.14. The number of rotatable bonds is 3. The van der Waals surface area contributed by atoms with Gasteiger partial charge in [0.15, 0.2) is 24.8 Å². The molecular weight excluding hydrogens is 268 g/mol. The molecule has 3 aromatic rings. The molecule has 110 valence electrons. The SMILES string of the molecule is CCc1cccc(C)c1-[n+]1ccc(-c2cc[n+](C)cc2)cc1. The first-order valence-electron chi connectivity index (χ1n) is 7.75. The fourth-order valence-corrected chi connectivity index (χ4v) is 2.84. The Morgan fingerprint density at radius 1 is 0.818 bits per heavy atom. The number of pyridine rings is 2. The number of benzene rings is 1. The minimum atomic E-state index is 1.04. The highest BCUT2D eigenvalue weighted by Crippen LogP contribution is 2.18. The van der Waals surface area contributed by atoms with E-state index in [-0.39, 0.29) is 0 Å². The zero-order chi connectivity index (χ0) is 15.5. The number of aryl methyl sites for hydroxylation is 3. The van der Waals surface area contributed by atoms with E-state index in [1.807, 2.05) is 11.6 Å². The molecule has 0 saturated heterocycles. The Kier molecular flexibility index (Phi) is 4.01. The summed E-state index contributed by atoms with van der Waals surface area (Å²) in [6, 6.07) is 15.2. The minimum Gasteiger partial charge on any atom is -0.208 e. The lowest BCUT2D eigenvalue weighted by Crippen LogP contribution is -2.32. The summed E-state index contributed by atoms with van der Waals surface area (Å²) in [5.41, 5.74) is 6.47. The van der Waals surface area contributed by atoms with Gasteiger partial charge in [-0.1, -0.05) is 25.1 Å². The molecule has 0 bridgehead atoms. The van der Waals surface area contributed by atoms with Crippen LogP contribution in [0.3, 0.4) is 0 Å². The van der Waals surface area contributed by atoms with Crippen LogP contribution in [-0.4, -0.2) is 0 Å². The molecule has 2 aromatic heterocycles. The Labute approximate surface area is 132 Å². The van der Waals surface area contributed by atoms with Gasteiger partial charge in [-0.2, -0.15) is 4.57 Å². The lowest BCUT2D eigenvalue weighted by atomic mass is 10.0. The second kappa shape index (κ2) is 6.10. The summed E-state index contributed by atoms with van der Waals surface area (Å²) in [5.74, 6) is 0. The molecule has 3 rings (SSSR count). The van der Waals surface area contributed by atoms with Crippen molar-refractivity contribution >= 4 is 0 Å². The van der Waals surface area contributed by atoms with Crippen LogP contribution in [0.15, 0.2) is 67.3 Å². The van der Waals surface area contributed by atoms with E-state index in [1.165, 1.54) is 27.9 Å². The fraction of sp³-hybridized carbons (Fsp3) is 0.200. The molecule has 2 nitrogen and oxygen atoms in total. The van der Waals surface area contributed by atoms with E-state index in [0.717, 1.165) is 6.42 Å². The molecule has 0 aliphatic carbocycles. The van der Waals surface area contributed by atoms with Gasteiger partial charge < -0.3 is 0 Å². The molecule has 2 heterocycles. The van der Waals surface area contributed by atoms with Gasteiger partial charge in [-0.25, -0.2) is 4.57 Å². The molecule has 0 atom stereocenters. The van der Waals surface area contributed by atoms with E-state index < -0.39 is 0 Å². The summed E-state index contributed by atoms with van der Waals surface area (Å²) < 4.78 is 4.27. The normalized spacial score (nSPS) is 10.7. The highest BCUT2D eigenvalue weighted by atomic mass is 14.9. The summed E-state index contributed by atoms with van der Waals surface area (Å²) in [6.45, 7) is 4.38. The third-order valence-electron chi connectivity index (χ3n) is 4.10. The lowest BCUT2D eigenvalue weighted by molar-refractivity contribution is -0.671. The first kappa shape index (κ1) is 14.5. The molecule has 0 radical (unpaired) electrons. The zero-order valence-electron chi connectivity index (χ0n) is 13.5. The number of nitrogens with zero attached hydrogens (tertiary/aromatic N) is 2. The van der Waals surface area contributed by atoms with Crippen LogP contribution in [0.4, 0.5) is 0 Å². The fourth-order valence-electron chi connectivity index (χ4n) is 2.84. The largest absolute Gasteiger partial charge is 0.216 e. The standard InChI is InChI=1S/C20H22N2/c1-4-17-7-5-6-16(2)20(17)22-14-10-19(11-15-22)18-8-12-21(3)13-9-18/h5-15H,4H2,1-3H3/q+2. The van der Waals surface area contributed by atoms with Crippen molar-refractivity contribution in [1.82, 2.24) is 0 Å². The van der Waals surface area contributed by atoms with Crippen molar-refractivity contribution in [3.05, 3.63) is 78.4 Å². The highest BCUT2D eigenvalue weighted by molar-refractivity contribution is 5.61. The average molecular weight is 290 g/mol. The monoisotopic (exact) mass is 290 g/mol. The van der Waals surface area contributed by atoms with E-state index in [4.69, 9.17) is 0 Å². The Balaban J connectivity index is 2.00. The predicted octanol–water partition coefficient (Wildman–Crippen LogP) is 3.33. The van der Waals surface area contributed by atoms with Gasteiger partial charge in [0.1, 0.15) is 7.05 Å². The van der Waals surface area contributed by atoms with E-state index >= 15 is 0 Å². The maximum Gasteiger partial charge on any atom is 0.216 e. The first-order chi connectivity index (χ1) is 10.7. The van der Waals surface area contributed by atoms with Gasteiger partial charge in [-0.15, -0.1) is 0 Å². The summed E-state index contributed by atoms with van der Waals surface area (Å²) >= 11 is 0. The van der Waals surface area contributed by atoms with Gasteiger partial charge in [0.05, 0.1) is 0 Å². The third-order valence-corrected chi connectivity index (χ3v) is 4.10. The van der Waals surface area contributed by atoms with Crippen molar-refractivity contribution in [1.29, 1.82) is 0 Å². The molecule has 0 spiro atoms. The Morgan fingerprint density at radius 3 is 2.00 bits per heavy atom. The summed E-state index contributed by atoms with van der Waals surface area (Å²) in [6.07, 6.45) is 9.51. The third kappa shape index (κ3) is 2.77. The number of hydrogen-bond acceptors (Lipinski definition) is 0. The van der Waals surface area contributed by atoms with Crippen LogP contribution in [0.25, 0.3) is 16.8 Å². The van der Waals surface area contributed by atoms with Gasteiger partial charge in [0.2, 0.25) is 5.69 Å². The molecule has 0 N–H and O–H groups in total. The van der Waals surface area contributed by atoms with Gasteiger partial charge >= 0.3 is 0 Å². The molecule has 0 saturated carbocycles. The van der Waals surface area contributed by atoms with Crippen molar-refractivity contribution in [3.8, 4) is 16.8 Å². The average Bonchev–Trinajstić information content (AvgIpc) is 2.55. The molecule has 2 heteroatoms. The summed E-state index contributed by atoms with van der Waals surface area (Å²) in [4.78, 5) is 0. The van der Waals surface area contributed by atoms with Crippen LogP contribution >= 0.6 is 0 Å². The first-order valence-corrected chi connectivity index (χ1v) is 7.75. The van der Waals surface area contributed by atoms with E-state index in [1.54, 1.807) is 0 Å². The molecule has 0 amide bonds. The minimum absolute atomic E-state index is 1.04. The van der Waals surface area contributed by atoms with Crippen molar-refractivity contribution < 1.29 is 9.13 Å². The van der Waals surface area contributed by atoms with Crippen LogP contribution in [0.5, 0.6) is 0 Å². The van der Waals surface area contributed by atoms with E-state index in [9.17, 15) is 0 Å². The van der Waals surface area contributed by atoms with Crippen LogP contribution in [0.2, 0.25) is 0 Å². The smallest absolute Gasteiger partial charge is 0.208 e. The van der Waals surface area contributed by atoms with Gasteiger partial charge in [0.25, 0.3) is 0 Å². The molecule has 22 heavy (non-hydrogen) atoms. The number of para-hydroxylation sites is 1. The molecule has 0 unspecified atom stereocenters. The quantitative estimate of drug-likeness (QED) is 0.654. The molecule has 0 fully saturated rings. The number of hydrogen-bond donors (Lipinski definition) is 0. The predicted molar refractivity (Wildman–Crippen MR) is 88.7 cm³/mol. The Hall–Kier alpha value is -2.48. The molecule has 0 aliphatic rings. The van der Waals surface area contributed by atoms with Crippen LogP contribution in [0.1, 0.15) is 18.1 Å². The maximum absolute atomic E-state index is 2.22. The second-order valence-electron chi connectivity index (χ2n) is 5.68.